The monoisotopic (exact) mass is 540 g/mol. The second kappa shape index (κ2) is 13.0. The van der Waals surface area contributed by atoms with Crippen molar-refractivity contribution in [1.82, 2.24) is 14.8 Å². The van der Waals surface area contributed by atoms with Gasteiger partial charge in [0, 0.05) is 42.8 Å². The summed E-state index contributed by atoms with van der Waals surface area (Å²) in [5.74, 6) is -0.454. The van der Waals surface area contributed by atoms with E-state index in [0.717, 1.165) is 21.8 Å². The molecule has 4 atom stereocenters. The summed E-state index contributed by atoms with van der Waals surface area (Å²) in [5.41, 5.74) is 3.26. The smallest absolute Gasteiger partial charge is 0.303 e. The molecule has 38 heavy (non-hydrogen) atoms. The predicted octanol–water partition coefficient (Wildman–Crippen LogP) is 4.08. The maximum atomic E-state index is 12.1. The van der Waals surface area contributed by atoms with Crippen LogP contribution in [0.1, 0.15) is 55.3 Å². The summed E-state index contributed by atoms with van der Waals surface area (Å²) in [6, 6.07) is 15.0. The first-order valence-corrected chi connectivity index (χ1v) is 13.4. The lowest BCUT2D eigenvalue weighted by Gasteiger charge is -2.41. The molecule has 1 aliphatic rings. The van der Waals surface area contributed by atoms with Crippen molar-refractivity contribution in [1.29, 1.82) is 0 Å². The zero-order chi connectivity index (χ0) is 27.1. The number of amides is 1. The van der Waals surface area contributed by atoms with Crippen molar-refractivity contribution in [3.63, 3.8) is 0 Å². The number of hydrogen-bond donors (Lipinski definition) is 3. The van der Waals surface area contributed by atoms with Crippen molar-refractivity contribution in [2.24, 2.45) is 13.0 Å². The van der Waals surface area contributed by atoms with E-state index in [1.54, 1.807) is 30.2 Å². The topological polar surface area (TPSA) is 136 Å². The molecule has 0 radical (unpaired) electrons. The standard InChI is InChI=1S/C27H32N4O6S/c1-17-22(15-38-27-30-28-16-31(27)2)36-26(37-25(17)19-8-6-18(14-32)7-9-19)20-10-12-21(13-11-20)29-23(33)4-3-5-24(34)35/h6-13,16-17,22,25-26,32H,3-5,14-15H2,1-2H3,(H,29,33)(H,34,35). The number of thioether (sulfide) groups is 1. The Bertz CT molecular complexity index is 1220. The molecule has 1 aromatic heterocycles. The van der Waals surface area contributed by atoms with Gasteiger partial charge >= 0.3 is 5.97 Å². The molecule has 3 aromatic rings. The number of aliphatic hydroxyl groups is 1. The molecule has 0 bridgehead atoms. The number of carboxylic acid groups (broad SMARTS) is 1. The van der Waals surface area contributed by atoms with Crippen LogP contribution in [0, 0.1) is 5.92 Å². The van der Waals surface area contributed by atoms with Crippen LogP contribution in [0.3, 0.4) is 0 Å². The molecule has 2 aromatic carbocycles. The maximum absolute atomic E-state index is 12.1. The van der Waals surface area contributed by atoms with Gasteiger partial charge in [-0.15, -0.1) is 10.2 Å². The summed E-state index contributed by atoms with van der Waals surface area (Å²) in [5, 5.41) is 29.9. The zero-order valence-electron chi connectivity index (χ0n) is 21.3. The number of aliphatic hydroxyl groups excluding tert-OH is 1. The van der Waals surface area contributed by atoms with E-state index in [1.807, 2.05) is 48.0 Å². The molecule has 4 unspecified atom stereocenters. The van der Waals surface area contributed by atoms with Gasteiger partial charge in [-0.2, -0.15) is 0 Å². The maximum Gasteiger partial charge on any atom is 0.303 e. The number of hydrogen-bond acceptors (Lipinski definition) is 8. The number of carbonyl (C=O) groups is 2. The highest BCUT2D eigenvalue weighted by atomic mass is 32.2. The summed E-state index contributed by atoms with van der Waals surface area (Å²) >= 11 is 1.57. The van der Waals surface area contributed by atoms with E-state index >= 15 is 0 Å². The van der Waals surface area contributed by atoms with Gasteiger partial charge in [0.2, 0.25) is 5.91 Å². The number of carbonyl (C=O) groups excluding carboxylic acids is 1. The Kier molecular flexibility index (Phi) is 9.51. The van der Waals surface area contributed by atoms with Crippen molar-refractivity contribution in [3.8, 4) is 0 Å². The number of rotatable bonds is 11. The number of benzene rings is 2. The summed E-state index contributed by atoms with van der Waals surface area (Å²) < 4.78 is 14.8. The van der Waals surface area contributed by atoms with Gasteiger partial charge < -0.3 is 29.6 Å². The van der Waals surface area contributed by atoms with E-state index in [4.69, 9.17) is 14.6 Å². The summed E-state index contributed by atoms with van der Waals surface area (Å²) in [6.45, 7) is 2.08. The largest absolute Gasteiger partial charge is 0.481 e. The van der Waals surface area contributed by atoms with Gasteiger partial charge in [0.05, 0.1) is 18.8 Å². The zero-order valence-corrected chi connectivity index (χ0v) is 22.1. The molecule has 1 amide bonds. The average molecular weight is 541 g/mol. The fraction of sp³-hybridized carbons (Fsp3) is 0.407. The Morgan fingerprint density at radius 1 is 1.05 bits per heavy atom. The molecule has 4 rings (SSSR count). The molecular weight excluding hydrogens is 508 g/mol. The van der Waals surface area contributed by atoms with Gasteiger partial charge in [0.1, 0.15) is 6.33 Å². The Balaban J connectivity index is 1.48. The average Bonchev–Trinajstić information content (AvgIpc) is 3.33. The molecule has 11 heteroatoms. The minimum atomic E-state index is -0.917. The first-order valence-electron chi connectivity index (χ1n) is 12.4. The molecular formula is C27H32N4O6S. The van der Waals surface area contributed by atoms with Crippen LogP contribution >= 0.6 is 11.8 Å². The minimum absolute atomic E-state index is 0.0213. The van der Waals surface area contributed by atoms with Crippen LogP contribution in [0.4, 0.5) is 5.69 Å². The minimum Gasteiger partial charge on any atom is -0.481 e. The highest BCUT2D eigenvalue weighted by Crippen LogP contribution is 2.43. The van der Waals surface area contributed by atoms with Gasteiger partial charge in [-0.25, -0.2) is 0 Å². The normalized spacial score (nSPS) is 21.2. The van der Waals surface area contributed by atoms with Crippen LogP contribution in [-0.2, 0) is 32.7 Å². The SMILES string of the molecule is CC1C(CSc2nncn2C)OC(c2ccc(NC(=O)CCCC(=O)O)cc2)OC1c1ccc(CO)cc1. The number of ether oxygens (including phenoxy) is 2. The second-order valence-electron chi connectivity index (χ2n) is 9.27. The number of carboxylic acids is 1. The van der Waals surface area contributed by atoms with Crippen molar-refractivity contribution in [2.45, 2.75) is 56.4 Å². The Hall–Kier alpha value is -3.25. The van der Waals surface area contributed by atoms with Crippen molar-refractivity contribution in [2.75, 3.05) is 11.1 Å². The fourth-order valence-corrected chi connectivity index (χ4v) is 5.27. The molecule has 0 aliphatic carbocycles. The molecule has 1 aliphatic heterocycles. The highest BCUT2D eigenvalue weighted by Gasteiger charge is 2.38. The van der Waals surface area contributed by atoms with Crippen molar-refractivity contribution >= 4 is 29.3 Å². The van der Waals surface area contributed by atoms with Crippen LogP contribution in [-0.4, -0.2) is 48.7 Å². The third kappa shape index (κ3) is 7.19. The van der Waals surface area contributed by atoms with Gasteiger partial charge in [0.15, 0.2) is 11.4 Å². The van der Waals surface area contributed by atoms with E-state index < -0.39 is 12.3 Å². The summed E-state index contributed by atoms with van der Waals surface area (Å²) in [7, 11) is 1.90. The van der Waals surface area contributed by atoms with E-state index in [2.05, 4.69) is 22.4 Å². The quantitative estimate of drug-likeness (QED) is 0.307. The molecule has 2 heterocycles. The first kappa shape index (κ1) is 27.8. The molecule has 3 N–H and O–H groups in total. The number of anilines is 1. The van der Waals surface area contributed by atoms with Crippen molar-refractivity contribution < 1.29 is 29.3 Å². The molecule has 0 spiro atoms. The number of aliphatic carboxylic acids is 1. The second-order valence-corrected chi connectivity index (χ2v) is 10.3. The Morgan fingerprint density at radius 2 is 1.76 bits per heavy atom. The summed E-state index contributed by atoms with van der Waals surface area (Å²) in [6.07, 6.45) is 1.04. The Labute approximate surface area is 225 Å². The van der Waals surface area contributed by atoms with Gasteiger partial charge in [0.25, 0.3) is 0 Å². The summed E-state index contributed by atoms with van der Waals surface area (Å²) in [4.78, 5) is 22.8. The molecule has 1 fully saturated rings. The van der Waals surface area contributed by atoms with Crippen LogP contribution < -0.4 is 5.32 Å². The molecule has 1 saturated heterocycles. The van der Waals surface area contributed by atoms with Crippen LogP contribution in [0.15, 0.2) is 60.0 Å². The third-order valence-corrected chi connectivity index (χ3v) is 7.55. The lowest BCUT2D eigenvalue weighted by molar-refractivity contribution is -0.268. The highest BCUT2D eigenvalue weighted by molar-refractivity contribution is 7.99. The van der Waals surface area contributed by atoms with Crippen LogP contribution in [0.25, 0.3) is 0 Å². The first-order chi connectivity index (χ1) is 18.3. The van der Waals surface area contributed by atoms with E-state index in [-0.39, 0.29) is 49.9 Å². The molecule has 0 saturated carbocycles. The number of nitrogens with zero attached hydrogens (tertiary/aromatic N) is 3. The van der Waals surface area contributed by atoms with E-state index in [1.165, 1.54) is 0 Å². The van der Waals surface area contributed by atoms with Gasteiger partial charge in [-0.3, -0.25) is 9.59 Å². The van der Waals surface area contributed by atoms with Gasteiger partial charge in [-0.1, -0.05) is 55.1 Å². The number of aryl methyl sites for hydroxylation is 1. The predicted molar refractivity (Wildman–Crippen MR) is 141 cm³/mol. The van der Waals surface area contributed by atoms with Crippen molar-refractivity contribution in [3.05, 3.63) is 71.5 Å². The fourth-order valence-electron chi connectivity index (χ4n) is 4.22. The molecule has 202 valence electrons. The number of nitrogens with one attached hydrogen (secondary N) is 1. The molecule has 10 nitrogen and oxygen atoms in total. The van der Waals surface area contributed by atoms with E-state index in [9.17, 15) is 14.7 Å². The lowest BCUT2D eigenvalue weighted by Crippen LogP contribution is -2.38. The number of aromatic nitrogens is 3. The lowest BCUT2D eigenvalue weighted by atomic mass is 9.91. The van der Waals surface area contributed by atoms with Gasteiger partial charge in [-0.05, 0) is 29.7 Å². The third-order valence-electron chi connectivity index (χ3n) is 6.43. The van der Waals surface area contributed by atoms with Crippen LogP contribution in [0.2, 0.25) is 0 Å². The Morgan fingerprint density at radius 3 is 2.39 bits per heavy atom. The van der Waals surface area contributed by atoms with E-state index in [0.29, 0.717) is 11.4 Å². The van der Waals surface area contributed by atoms with Crippen LogP contribution in [0.5, 0.6) is 0 Å².